The van der Waals surface area contributed by atoms with Gasteiger partial charge in [0.2, 0.25) is 0 Å². The lowest BCUT2D eigenvalue weighted by atomic mass is 10.2. The molecule has 0 spiro atoms. The minimum Gasteiger partial charge on any atom is -0.497 e. The fourth-order valence-corrected chi connectivity index (χ4v) is 2.90. The van der Waals surface area contributed by atoms with Gasteiger partial charge in [0.1, 0.15) is 11.5 Å². The van der Waals surface area contributed by atoms with E-state index in [1.165, 1.54) is 6.07 Å². The second-order valence-electron chi connectivity index (χ2n) is 5.40. The first-order valence-electron chi connectivity index (χ1n) is 7.78. The second kappa shape index (κ2) is 8.43. The van der Waals surface area contributed by atoms with Crippen LogP contribution in [0.15, 0.2) is 59.0 Å². The molecule has 0 atom stereocenters. The van der Waals surface area contributed by atoms with Crippen LogP contribution < -0.4 is 15.4 Å². The molecule has 2 aromatic carbocycles. The number of hydrogen-bond acceptors (Lipinski definition) is 4. The minimum absolute atomic E-state index is 0.0972. The molecule has 8 heteroatoms. The highest BCUT2D eigenvalue weighted by Gasteiger charge is 2.16. The van der Waals surface area contributed by atoms with Crippen LogP contribution in [0.5, 0.6) is 5.75 Å². The largest absolute Gasteiger partial charge is 0.497 e. The van der Waals surface area contributed by atoms with E-state index in [0.717, 1.165) is 5.75 Å². The predicted molar refractivity (Wildman–Crippen MR) is 111 cm³/mol. The maximum atomic E-state index is 12.3. The number of benzene rings is 2. The van der Waals surface area contributed by atoms with Gasteiger partial charge in [-0.15, -0.1) is 0 Å². The normalized spacial score (nSPS) is 10.3. The maximum absolute atomic E-state index is 12.3. The Bertz CT molecular complexity index is 987. The van der Waals surface area contributed by atoms with Crippen molar-refractivity contribution in [3.63, 3.8) is 0 Å². The number of ether oxygens (including phenoxy) is 1. The van der Waals surface area contributed by atoms with Crippen molar-refractivity contribution < 1.29 is 13.9 Å². The van der Waals surface area contributed by atoms with Gasteiger partial charge in [-0.25, -0.2) is 0 Å². The van der Waals surface area contributed by atoms with Gasteiger partial charge in [-0.3, -0.25) is 10.1 Å². The van der Waals surface area contributed by atoms with Crippen molar-refractivity contribution in [1.82, 2.24) is 5.32 Å². The highest BCUT2D eigenvalue weighted by atomic mass is 35.5. The molecule has 1 aromatic heterocycles. The number of thiocarbonyl (C=S) groups is 1. The molecule has 0 fully saturated rings. The molecule has 0 unspecified atom stereocenters. The first kappa shape index (κ1) is 19.2. The fraction of sp³-hybridized carbons (Fsp3) is 0.0526. The summed E-state index contributed by atoms with van der Waals surface area (Å²) in [6.07, 6.45) is 0. The molecule has 0 saturated carbocycles. The van der Waals surface area contributed by atoms with Crippen molar-refractivity contribution in [2.24, 2.45) is 0 Å². The molecular weight excluding hydrogens is 407 g/mol. The molecule has 1 heterocycles. The smallest absolute Gasteiger partial charge is 0.293 e. The fourth-order valence-electron chi connectivity index (χ4n) is 2.30. The van der Waals surface area contributed by atoms with Crippen molar-refractivity contribution >= 4 is 52.1 Å². The number of anilines is 1. The van der Waals surface area contributed by atoms with Crippen LogP contribution in [0, 0.1) is 0 Å². The summed E-state index contributed by atoms with van der Waals surface area (Å²) in [5.74, 6) is 0.769. The number of carbonyl (C=O) groups is 1. The van der Waals surface area contributed by atoms with Crippen molar-refractivity contribution in [2.75, 3.05) is 12.4 Å². The van der Waals surface area contributed by atoms with Gasteiger partial charge >= 0.3 is 0 Å². The minimum atomic E-state index is -0.481. The summed E-state index contributed by atoms with van der Waals surface area (Å²) < 4.78 is 10.7. The summed E-state index contributed by atoms with van der Waals surface area (Å²) in [6.45, 7) is 0. The Labute approximate surface area is 171 Å². The molecule has 2 N–H and O–H groups in total. The summed E-state index contributed by atoms with van der Waals surface area (Å²) in [6, 6.07) is 15.5. The molecule has 27 heavy (non-hydrogen) atoms. The van der Waals surface area contributed by atoms with Gasteiger partial charge < -0.3 is 14.5 Å². The van der Waals surface area contributed by atoms with Crippen LogP contribution >= 0.6 is 35.4 Å². The van der Waals surface area contributed by atoms with Crippen LogP contribution in [0.3, 0.4) is 0 Å². The number of amides is 1. The Kier molecular flexibility index (Phi) is 6.01. The zero-order chi connectivity index (χ0) is 19.4. The number of hydrogen-bond donors (Lipinski definition) is 2. The topological polar surface area (TPSA) is 63.5 Å². The molecule has 0 bridgehead atoms. The summed E-state index contributed by atoms with van der Waals surface area (Å²) >= 11 is 17.3. The van der Waals surface area contributed by atoms with Crippen molar-refractivity contribution in [3.05, 3.63) is 70.4 Å². The molecule has 0 aliphatic carbocycles. The summed E-state index contributed by atoms with van der Waals surface area (Å²) in [4.78, 5) is 12.3. The molecule has 0 aliphatic heterocycles. The Morgan fingerprint density at radius 3 is 2.52 bits per heavy atom. The van der Waals surface area contributed by atoms with Crippen LogP contribution in [-0.4, -0.2) is 18.1 Å². The molecule has 3 aromatic rings. The monoisotopic (exact) mass is 420 g/mol. The molecular formula is C19H14Cl2N2O3S. The molecule has 0 aliphatic rings. The quantitative estimate of drug-likeness (QED) is 0.554. The lowest BCUT2D eigenvalue weighted by molar-refractivity contribution is 0.0951. The first-order chi connectivity index (χ1) is 13.0. The van der Waals surface area contributed by atoms with Crippen molar-refractivity contribution in [3.8, 4) is 17.1 Å². The Hall–Kier alpha value is -2.54. The van der Waals surface area contributed by atoms with Crippen LogP contribution in [0.4, 0.5) is 5.69 Å². The summed E-state index contributed by atoms with van der Waals surface area (Å²) in [5, 5.41) is 6.38. The third kappa shape index (κ3) is 4.60. The van der Waals surface area contributed by atoms with Crippen LogP contribution in [0.1, 0.15) is 10.6 Å². The highest BCUT2D eigenvalue weighted by molar-refractivity contribution is 7.80. The molecule has 138 valence electrons. The number of nitrogens with one attached hydrogen (secondary N) is 2. The van der Waals surface area contributed by atoms with Gasteiger partial charge in [0, 0.05) is 11.3 Å². The lowest BCUT2D eigenvalue weighted by Crippen LogP contribution is -2.33. The van der Waals surface area contributed by atoms with Crippen LogP contribution in [0.2, 0.25) is 10.0 Å². The van der Waals surface area contributed by atoms with Crippen molar-refractivity contribution in [1.29, 1.82) is 0 Å². The van der Waals surface area contributed by atoms with Gasteiger partial charge in [0.05, 0.1) is 17.2 Å². The van der Waals surface area contributed by atoms with E-state index in [1.807, 2.05) is 0 Å². The van der Waals surface area contributed by atoms with Gasteiger partial charge in [0.15, 0.2) is 10.9 Å². The number of methoxy groups -OCH3 is 1. The molecule has 1 amide bonds. The third-order valence-electron chi connectivity index (χ3n) is 3.62. The van der Waals surface area contributed by atoms with E-state index in [2.05, 4.69) is 10.6 Å². The first-order valence-corrected chi connectivity index (χ1v) is 8.95. The van der Waals surface area contributed by atoms with E-state index >= 15 is 0 Å². The molecule has 0 radical (unpaired) electrons. The third-order valence-corrected chi connectivity index (χ3v) is 4.64. The molecule has 5 nitrogen and oxygen atoms in total. The number of rotatable bonds is 4. The van der Waals surface area contributed by atoms with Crippen molar-refractivity contribution in [2.45, 2.75) is 0 Å². The Balaban J connectivity index is 1.66. The van der Waals surface area contributed by atoms with Gasteiger partial charge in [-0.05, 0) is 60.7 Å². The maximum Gasteiger partial charge on any atom is 0.293 e. The Morgan fingerprint density at radius 2 is 1.81 bits per heavy atom. The van der Waals surface area contributed by atoms with Gasteiger partial charge in [0.25, 0.3) is 5.91 Å². The summed E-state index contributed by atoms with van der Waals surface area (Å²) in [7, 11) is 1.58. The van der Waals surface area contributed by atoms with E-state index in [1.54, 1.807) is 55.6 Å². The summed E-state index contributed by atoms with van der Waals surface area (Å²) in [5.41, 5.74) is 1.31. The standard InChI is InChI=1S/C19H14Cl2N2O3S/c1-25-12-7-5-11(6-8-12)22-19(27)23-18(24)16-10-9-15(26-16)13-3-2-4-14(20)17(13)21/h2-10H,1H3,(H2,22,23,24,27). The lowest BCUT2D eigenvalue weighted by Gasteiger charge is -2.09. The molecule has 0 saturated heterocycles. The van der Waals surface area contributed by atoms with Gasteiger partial charge in [-0.1, -0.05) is 29.3 Å². The number of carbonyl (C=O) groups excluding carboxylic acids is 1. The zero-order valence-corrected chi connectivity index (χ0v) is 16.4. The van der Waals surface area contributed by atoms with E-state index < -0.39 is 5.91 Å². The molecule has 3 rings (SSSR count). The van der Waals surface area contributed by atoms with Crippen LogP contribution in [-0.2, 0) is 0 Å². The highest BCUT2D eigenvalue weighted by Crippen LogP contribution is 2.34. The van der Waals surface area contributed by atoms with Gasteiger partial charge in [-0.2, -0.15) is 0 Å². The van der Waals surface area contributed by atoms with E-state index in [-0.39, 0.29) is 10.9 Å². The number of furan rings is 1. The SMILES string of the molecule is COc1ccc(NC(=S)NC(=O)c2ccc(-c3cccc(Cl)c3Cl)o2)cc1. The average Bonchev–Trinajstić information content (AvgIpc) is 3.14. The second-order valence-corrected chi connectivity index (χ2v) is 6.60. The van der Waals surface area contributed by atoms with Crippen LogP contribution in [0.25, 0.3) is 11.3 Å². The predicted octanol–water partition coefficient (Wildman–Crippen LogP) is 5.39. The Morgan fingerprint density at radius 1 is 1.07 bits per heavy atom. The van der Waals surface area contributed by atoms with E-state index in [0.29, 0.717) is 27.1 Å². The average molecular weight is 421 g/mol. The number of halogens is 2. The zero-order valence-electron chi connectivity index (χ0n) is 14.1. The van der Waals surface area contributed by atoms with E-state index in [4.69, 9.17) is 44.6 Å². The van der Waals surface area contributed by atoms with E-state index in [9.17, 15) is 4.79 Å².